The zero-order chi connectivity index (χ0) is 27.2. The Balaban J connectivity index is 1.72. The van der Waals surface area contributed by atoms with Gasteiger partial charge in [0.25, 0.3) is 0 Å². The van der Waals surface area contributed by atoms with E-state index in [9.17, 15) is 18.0 Å². The van der Waals surface area contributed by atoms with E-state index in [4.69, 9.17) is 21.1 Å². The van der Waals surface area contributed by atoms with Crippen LogP contribution in [0.2, 0.25) is 5.02 Å². The number of anilines is 1. The van der Waals surface area contributed by atoms with E-state index in [1.165, 1.54) is 9.21 Å². The van der Waals surface area contributed by atoms with Crippen molar-refractivity contribution in [2.24, 2.45) is 5.92 Å². The van der Waals surface area contributed by atoms with Crippen LogP contribution in [-0.4, -0.2) is 57.3 Å². The molecule has 2 aromatic carbocycles. The number of carbonyl (C=O) groups excluding carboxylic acids is 2. The highest BCUT2D eigenvalue weighted by molar-refractivity contribution is 7.92. The lowest BCUT2D eigenvalue weighted by atomic mass is 10.1. The van der Waals surface area contributed by atoms with E-state index < -0.39 is 16.1 Å². The maximum Gasteiger partial charge on any atom is 0.242 e. The first-order valence-electron chi connectivity index (χ1n) is 12.1. The minimum absolute atomic E-state index is 0.0545. The van der Waals surface area contributed by atoms with Gasteiger partial charge in [0.15, 0.2) is 11.5 Å². The number of fused-ring (bicyclic) bond motifs is 1. The summed E-state index contributed by atoms with van der Waals surface area (Å²) < 4.78 is 37.0. The number of nitrogens with zero attached hydrogens (tertiary/aromatic N) is 2. The lowest BCUT2D eigenvalue weighted by Crippen LogP contribution is -2.48. The molecule has 1 aliphatic heterocycles. The molecule has 0 aliphatic carbocycles. The fraction of sp³-hybridized carbons (Fsp3) is 0.462. The Kier molecular flexibility index (Phi) is 9.67. The molecular weight excluding hydrogens is 518 g/mol. The summed E-state index contributed by atoms with van der Waals surface area (Å²) in [6.45, 7) is 6.55. The van der Waals surface area contributed by atoms with Gasteiger partial charge in [0, 0.05) is 37.1 Å². The number of amides is 2. The summed E-state index contributed by atoms with van der Waals surface area (Å²) in [5.41, 5.74) is 1.22. The van der Waals surface area contributed by atoms with Crippen LogP contribution in [0, 0.1) is 5.92 Å². The number of sulfonamides is 1. The molecule has 1 aliphatic rings. The number of hydrogen-bond donors (Lipinski definition) is 1. The first-order valence-corrected chi connectivity index (χ1v) is 14.4. The predicted octanol–water partition coefficient (Wildman–Crippen LogP) is 3.80. The topological polar surface area (TPSA) is 105 Å². The minimum atomic E-state index is -3.62. The molecule has 0 fully saturated rings. The Labute approximate surface area is 223 Å². The van der Waals surface area contributed by atoms with Crippen LogP contribution in [0.4, 0.5) is 5.69 Å². The number of ether oxygens (including phenoxy) is 2. The predicted molar refractivity (Wildman–Crippen MR) is 143 cm³/mol. The molecule has 0 bridgehead atoms. The zero-order valence-corrected chi connectivity index (χ0v) is 23.1. The molecule has 0 saturated carbocycles. The summed E-state index contributed by atoms with van der Waals surface area (Å²) in [7, 11) is -3.62. The molecule has 0 aromatic heterocycles. The van der Waals surface area contributed by atoms with Crippen molar-refractivity contribution in [2.75, 3.05) is 30.4 Å². The van der Waals surface area contributed by atoms with Gasteiger partial charge in [-0.15, -0.1) is 0 Å². The van der Waals surface area contributed by atoms with E-state index >= 15 is 0 Å². The minimum Gasteiger partial charge on any atom is -0.454 e. The van der Waals surface area contributed by atoms with Gasteiger partial charge in [0.1, 0.15) is 6.04 Å². The fourth-order valence-corrected chi connectivity index (χ4v) is 5.08. The Morgan fingerprint density at radius 1 is 1.08 bits per heavy atom. The van der Waals surface area contributed by atoms with Gasteiger partial charge < -0.3 is 19.7 Å². The van der Waals surface area contributed by atoms with E-state index in [0.717, 1.165) is 11.8 Å². The lowest BCUT2D eigenvalue weighted by molar-refractivity contribution is -0.140. The second-order valence-electron chi connectivity index (χ2n) is 9.44. The van der Waals surface area contributed by atoms with E-state index in [-0.39, 0.29) is 50.5 Å². The Morgan fingerprint density at radius 3 is 2.49 bits per heavy atom. The van der Waals surface area contributed by atoms with Crippen molar-refractivity contribution in [3.63, 3.8) is 0 Å². The number of halogens is 1. The highest BCUT2D eigenvalue weighted by Gasteiger charge is 2.27. The average molecular weight is 552 g/mol. The molecule has 1 atom stereocenters. The summed E-state index contributed by atoms with van der Waals surface area (Å²) in [4.78, 5) is 27.7. The van der Waals surface area contributed by atoms with Gasteiger partial charge in [0.05, 0.1) is 11.9 Å². The molecule has 0 spiro atoms. The molecule has 1 N–H and O–H groups in total. The van der Waals surface area contributed by atoms with Crippen LogP contribution in [0.1, 0.15) is 39.2 Å². The van der Waals surface area contributed by atoms with Crippen LogP contribution >= 0.6 is 11.6 Å². The van der Waals surface area contributed by atoms with E-state index in [1.54, 1.807) is 43.3 Å². The van der Waals surface area contributed by atoms with Crippen LogP contribution in [0.25, 0.3) is 0 Å². The first kappa shape index (κ1) is 28.6. The van der Waals surface area contributed by atoms with Crippen LogP contribution in [0.5, 0.6) is 11.5 Å². The van der Waals surface area contributed by atoms with Crippen molar-refractivity contribution in [2.45, 2.75) is 46.2 Å². The molecule has 1 unspecified atom stereocenters. The highest BCUT2D eigenvalue weighted by atomic mass is 35.5. The number of carbonyl (C=O) groups is 2. The molecule has 11 heteroatoms. The van der Waals surface area contributed by atoms with Gasteiger partial charge in [0.2, 0.25) is 28.6 Å². The maximum atomic E-state index is 13.3. The second kappa shape index (κ2) is 12.5. The largest absolute Gasteiger partial charge is 0.454 e. The molecule has 37 heavy (non-hydrogen) atoms. The summed E-state index contributed by atoms with van der Waals surface area (Å²) in [5, 5.41) is 3.42. The van der Waals surface area contributed by atoms with Gasteiger partial charge in [-0.05, 0) is 49.1 Å². The van der Waals surface area contributed by atoms with Gasteiger partial charge in [-0.2, -0.15) is 0 Å². The summed E-state index contributed by atoms with van der Waals surface area (Å²) >= 11 is 6.13. The van der Waals surface area contributed by atoms with Gasteiger partial charge in [-0.3, -0.25) is 13.9 Å². The average Bonchev–Trinajstić information content (AvgIpc) is 3.30. The number of rotatable bonds is 12. The van der Waals surface area contributed by atoms with Crippen LogP contribution in [-0.2, 0) is 26.2 Å². The Morgan fingerprint density at radius 2 is 1.81 bits per heavy atom. The van der Waals surface area contributed by atoms with Crippen molar-refractivity contribution in [1.82, 2.24) is 10.2 Å². The van der Waals surface area contributed by atoms with Gasteiger partial charge in [-0.25, -0.2) is 8.42 Å². The second-order valence-corrected chi connectivity index (χ2v) is 11.8. The first-order chi connectivity index (χ1) is 17.5. The molecule has 202 valence electrons. The molecule has 2 aromatic rings. The third kappa shape index (κ3) is 8.00. The quantitative estimate of drug-likeness (QED) is 0.430. The third-order valence-corrected chi connectivity index (χ3v) is 7.32. The van der Waals surface area contributed by atoms with E-state index in [0.29, 0.717) is 28.8 Å². The molecule has 0 saturated heterocycles. The van der Waals surface area contributed by atoms with Crippen molar-refractivity contribution in [1.29, 1.82) is 0 Å². The third-order valence-electron chi connectivity index (χ3n) is 5.89. The monoisotopic (exact) mass is 551 g/mol. The Bertz CT molecular complexity index is 1220. The van der Waals surface area contributed by atoms with Crippen LogP contribution < -0.4 is 19.1 Å². The van der Waals surface area contributed by atoms with Crippen molar-refractivity contribution in [3.05, 3.63) is 53.1 Å². The summed E-state index contributed by atoms with van der Waals surface area (Å²) in [6, 6.07) is 11.3. The van der Waals surface area contributed by atoms with Crippen molar-refractivity contribution in [3.8, 4) is 11.5 Å². The number of nitrogens with one attached hydrogen (secondary N) is 1. The van der Waals surface area contributed by atoms with E-state index in [2.05, 4.69) is 5.32 Å². The molecule has 0 radical (unpaired) electrons. The van der Waals surface area contributed by atoms with Crippen LogP contribution in [0.15, 0.2) is 42.5 Å². The highest BCUT2D eigenvalue weighted by Crippen LogP contribution is 2.36. The molecule has 3 rings (SSSR count). The van der Waals surface area contributed by atoms with Crippen molar-refractivity contribution >= 4 is 39.1 Å². The molecule has 9 nitrogen and oxygen atoms in total. The SMILES string of the molecule is CC(C)CNC(=O)C(C)N(Cc1cccc(Cl)c1)C(=O)CCCN(c1ccc2c(c1)OCO2)S(C)(=O)=O. The van der Waals surface area contributed by atoms with Gasteiger partial charge >= 0.3 is 0 Å². The number of hydrogen-bond acceptors (Lipinski definition) is 6. The summed E-state index contributed by atoms with van der Waals surface area (Å²) in [5.74, 6) is 0.782. The van der Waals surface area contributed by atoms with Crippen molar-refractivity contribution < 1.29 is 27.5 Å². The van der Waals surface area contributed by atoms with Gasteiger partial charge in [-0.1, -0.05) is 37.6 Å². The van der Waals surface area contributed by atoms with Crippen LogP contribution in [0.3, 0.4) is 0 Å². The summed E-state index contributed by atoms with van der Waals surface area (Å²) in [6.07, 6.45) is 1.43. The molecule has 1 heterocycles. The normalized spacial score (nSPS) is 13.4. The maximum absolute atomic E-state index is 13.3. The molecule has 2 amide bonds. The number of benzene rings is 2. The lowest BCUT2D eigenvalue weighted by Gasteiger charge is -2.29. The zero-order valence-electron chi connectivity index (χ0n) is 21.6. The standard InChI is InChI=1S/C26H34ClN3O6S/c1-18(2)15-28-26(32)19(3)29(16-20-7-5-8-21(27)13-20)25(31)9-6-12-30(37(4,33)34)22-10-11-23-24(14-22)36-17-35-23/h5,7-8,10-11,13-14,18-19H,6,9,12,15-17H2,1-4H3,(H,28,32). The smallest absolute Gasteiger partial charge is 0.242 e. The molecular formula is C26H34ClN3O6S. The van der Waals surface area contributed by atoms with E-state index in [1.807, 2.05) is 19.9 Å². The fourth-order valence-electron chi connectivity index (χ4n) is 3.91. The Hall–Kier alpha value is -2.98.